The molecular formula is C28H36BrFN4O5S. The van der Waals surface area contributed by atoms with Gasteiger partial charge in [-0.1, -0.05) is 42.3 Å². The summed E-state index contributed by atoms with van der Waals surface area (Å²) in [5.41, 5.74) is 1.65. The van der Waals surface area contributed by atoms with Crippen LogP contribution in [0.2, 0.25) is 0 Å². The maximum Gasteiger partial charge on any atom is 0.338 e. The number of thiazole rings is 1. The van der Waals surface area contributed by atoms with Crippen LogP contribution in [-0.2, 0) is 19.1 Å². The molecule has 1 aromatic heterocycles. The summed E-state index contributed by atoms with van der Waals surface area (Å²) in [6.07, 6.45) is 3.95. The van der Waals surface area contributed by atoms with Gasteiger partial charge >= 0.3 is 11.9 Å². The van der Waals surface area contributed by atoms with Crippen LogP contribution in [0.4, 0.5) is 4.39 Å². The molecular weight excluding hydrogens is 603 g/mol. The number of morpholine rings is 1. The average Bonchev–Trinajstić information content (AvgIpc) is 3.47. The summed E-state index contributed by atoms with van der Waals surface area (Å²) in [4.78, 5) is 35.6. The van der Waals surface area contributed by atoms with Crippen LogP contribution < -0.4 is 5.32 Å². The molecule has 40 heavy (non-hydrogen) atoms. The van der Waals surface area contributed by atoms with Crippen molar-refractivity contribution in [3.63, 3.8) is 0 Å². The number of nitrogens with one attached hydrogen (secondary N) is 1. The Hall–Kier alpha value is -2.67. The number of unbranched alkanes of at least 4 members (excludes halogenated alkanes) is 1. The third kappa shape index (κ3) is 8.66. The lowest BCUT2D eigenvalue weighted by molar-refractivity contribution is -0.139. The first kappa shape index (κ1) is 31.9. The number of amidine groups is 1. The van der Waals surface area contributed by atoms with Gasteiger partial charge in [0.1, 0.15) is 11.9 Å². The minimum absolute atomic E-state index is 0.0260. The minimum atomic E-state index is -0.793. The number of halogens is 2. The normalized spacial score (nSPS) is 19.3. The van der Waals surface area contributed by atoms with Gasteiger partial charge in [0, 0.05) is 47.8 Å². The number of esters is 1. The van der Waals surface area contributed by atoms with E-state index in [2.05, 4.69) is 31.1 Å². The van der Waals surface area contributed by atoms with Crippen LogP contribution in [0.15, 0.2) is 50.5 Å². The van der Waals surface area contributed by atoms with Crippen molar-refractivity contribution in [2.45, 2.75) is 58.6 Å². The third-order valence-electron chi connectivity index (χ3n) is 6.28. The first-order valence-corrected chi connectivity index (χ1v) is 15.2. The topological polar surface area (TPSA) is 113 Å². The number of hydrogen-bond acceptors (Lipinski definition) is 9. The highest BCUT2D eigenvalue weighted by Gasteiger charge is 2.35. The summed E-state index contributed by atoms with van der Waals surface area (Å²) >= 11 is 4.88. The summed E-state index contributed by atoms with van der Waals surface area (Å²) in [6, 6.07) is 3.60. The molecule has 0 radical (unpaired) electrons. The predicted molar refractivity (Wildman–Crippen MR) is 156 cm³/mol. The number of aliphatic carboxylic acids is 1. The van der Waals surface area contributed by atoms with Gasteiger partial charge in [-0.2, -0.15) is 0 Å². The lowest BCUT2D eigenvalue weighted by Gasteiger charge is -2.35. The smallest absolute Gasteiger partial charge is 0.338 e. The lowest BCUT2D eigenvalue weighted by Crippen LogP contribution is -2.46. The Labute approximate surface area is 246 Å². The van der Waals surface area contributed by atoms with E-state index in [1.165, 1.54) is 23.5 Å². The summed E-state index contributed by atoms with van der Waals surface area (Å²) in [7, 11) is 0. The maximum absolute atomic E-state index is 13.9. The molecule has 2 N–H and O–H groups in total. The molecule has 0 bridgehead atoms. The average molecular weight is 640 g/mol. The standard InChI is InChI=1S/C26H30BrFN4O5S.C2H6/c1-2-36-26(35)22-20(15-32-10-11-37-17(14-32)5-3-4-6-21(33)34)30-24(25-29-9-12-38-25)31-23(22)18-8-7-16(28)13-19(18)27;1-2/h7-9,12-13,17,23H,2-6,10-11,14-15H2,1H3,(H,30,31)(H,33,34);1-2H3/t17?,23-;/m0./s1. The Morgan fingerprint density at radius 3 is 2.80 bits per heavy atom. The maximum atomic E-state index is 13.9. The van der Waals surface area contributed by atoms with Gasteiger partial charge in [0.25, 0.3) is 0 Å². The first-order chi connectivity index (χ1) is 19.4. The number of rotatable bonds is 11. The molecule has 2 aliphatic rings. The molecule has 0 spiro atoms. The molecule has 0 saturated carbocycles. The Bertz CT molecular complexity index is 1210. The van der Waals surface area contributed by atoms with Gasteiger partial charge in [0.05, 0.1) is 24.9 Å². The predicted octanol–water partition coefficient (Wildman–Crippen LogP) is 5.33. The Kier molecular flexibility index (Phi) is 12.7. The number of aromatic nitrogens is 1. The molecule has 1 fully saturated rings. The number of benzene rings is 1. The van der Waals surface area contributed by atoms with Crippen molar-refractivity contribution in [3.8, 4) is 0 Å². The summed E-state index contributed by atoms with van der Waals surface area (Å²) in [5, 5.41) is 14.7. The van der Waals surface area contributed by atoms with Crippen molar-refractivity contribution >= 4 is 45.0 Å². The van der Waals surface area contributed by atoms with Crippen LogP contribution in [0.1, 0.15) is 63.1 Å². The van der Waals surface area contributed by atoms with E-state index in [4.69, 9.17) is 19.6 Å². The zero-order valence-electron chi connectivity index (χ0n) is 23.0. The van der Waals surface area contributed by atoms with Gasteiger partial charge < -0.3 is 19.9 Å². The monoisotopic (exact) mass is 638 g/mol. The molecule has 2 aromatic rings. The van der Waals surface area contributed by atoms with Gasteiger partial charge in [-0.05, 0) is 37.5 Å². The molecule has 1 saturated heterocycles. The number of carboxylic acid groups (broad SMARTS) is 1. The number of carbonyl (C=O) groups is 2. The molecule has 0 aliphatic carbocycles. The number of ether oxygens (including phenoxy) is 2. The van der Waals surface area contributed by atoms with E-state index in [1.54, 1.807) is 19.2 Å². The van der Waals surface area contributed by atoms with E-state index >= 15 is 0 Å². The van der Waals surface area contributed by atoms with Gasteiger partial charge in [-0.25, -0.2) is 14.2 Å². The van der Waals surface area contributed by atoms with E-state index in [9.17, 15) is 14.0 Å². The Morgan fingerprint density at radius 1 is 1.32 bits per heavy atom. The zero-order valence-corrected chi connectivity index (χ0v) is 25.4. The molecule has 2 aliphatic heterocycles. The van der Waals surface area contributed by atoms with Gasteiger partial charge in [-0.3, -0.25) is 14.7 Å². The first-order valence-electron chi connectivity index (χ1n) is 13.5. The summed E-state index contributed by atoms with van der Waals surface area (Å²) in [6.45, 7) is 8.21. The van der Waals surface area contributed by atoms with Crippen LogP contribution in [0.25, 0.3) is 0 Å². The van der Waals surface area contributed by atoms with Crippen LogP contribution >= 0.6 is 27.3 Å². The van der Waals surface area contributed by atoms with Crippen molar-refractivity contribution < 1.29 is 28.6 Å². The van der Waals surface area contributed by atoms with Crippen LogP contribution in [-0.4, -0.2) is 71.7 Å². The quantitative estimate of drug-likeness (QED) is 0.251. The third-order valence-corrected chi connectivity index (χ3v) is 7.75. The van der Waals surface area contributed by atoms with Gasteiger partial charge in [0.15, 0.2) is 10.8 Å². The highest BCUT2D eigenvalue weighted by atomic mass is 79.9. The number of nitrogens with zero attached hydrogens (tertiary/aromatic N) is 3. The second-order valence-corrected chi connectivity index (χ2v) is 10.7. The van der Waals surface area contributed by atoms with Crippen LogP contribution in [0.5, 0.6) is 0 Å². The molecule has 0 amide bonds. The van der Waals surface area contributed by atoms with Crippen molar-refractivity contribution in [2.24, 2.45) is 4.99 Å². The molecule has 1 unspecified atom stereocenters. The van der Waals surface area contributed by atoms with Crippen molar-refractivity contribution in [2.75, 3.05) is 32.8 Å². The van der Waals surface area contributed by atoms with E-state index in [0.717, 1.165) is 12.8 Å². The largest absolute Gasteiger partial charge is 0.481 e. The second kappa shape index (κ2) is 15.9. The van der Waals surface area contributed by atoms with Crippen molar-refractivity contribution in [1.82, 2.24) is 15.2 Å². The molecule has 218 valence electrons. The van der Waals surface area contributed by atoms with Gasteiger partial charge in [0.2, 0.25) is 0 Å². The van der Waals surface area contributed by atoms with Crippen molar-refractivity contribution in [3.05, 3.63) is 61.9 Å². The van der Waals surface area contributed by atoms with E-state index in [0.29, 0.717) is 64.8 Å². The molecule has 12 heteroatoms. The fourth-order valence-electron chi connectivity index (χ4n) is 4.54. The number of aliphatic imine (C=N–C) groups is 1. The SMILES string of the molecule is CC.CCOC(=O)C1=C(CN2CCOC(CCCCC(=O)O)C2)NC(c2nccs2)=N[C@H]1c1ccc(F)cc1Br. The fourth-order valence-corrected chi connectivity index (χ4v) is 5.69. The Morgan fingerprint density at radius 2 is 2.12 bits per heavy atom. The van der Waals surface area contributed by atoms with E-state index < -0.39 is 23.8 Å². The number of hydrogen-bond donors (Lipinski definition) is 2. The summed E-state index contributed by atoms with van der Waals surface area (Å²) in [5.74, 6) is -1.15. The fraction of sp³-hybridized carbons (Fsp3) is 0.500. The number of carboxylic acids is 1. The van der Waals surface area contributed by atoms with Crippen LogP contribution in [0, 0.1) is 5.82 Å². The molecule has 1 aromatic carbocycles. The molecule has 4 rings (SSSR count). The van der Waals surface area contributed by atoms with Crippen LogP contribution in [0.3, 0.4) is 0 Å². The number of carbonyl (C=O) groups excluding carboxylic acids is 1. The second-order valence-electron chi connectivity index (χ2n) is 8.99. The van der Waals surface area contributed by atoms with E-state index in [1.807, 2.05) is 19.2 Å². The molecule has 9 nitrogen and oxygen atoms in total. The minimum Gasteiger partial charge on any atom is -0.481 e. The van der Waals surface area contributed by atoms with Crippen molar-refractivity contribution in [1.29, 1.82) is 0 Å². The molecule has 3 heterocycles. The lowest BCUT2D eigenvalue weighted by atomic mass is 9.95. The Balaban J connectivity index is 0.00000216. The van der Waals surface area contributed by atoms with E-state index in [-0.39, 0.29) is 19.1 Å². The zero-order chi connectivity index (χ0) is 29.1. The molecule has 2 atom stereocenters. The highest BCUT2D eigenvalue weighted by molar-refractivity contribution is 9.10. The highest BCUT2D eigenvalue weighted by Crippen LogP contribution is 2.37. The summed E-state index contributed by atoms with van der Waals surface area (Å²) < 4.78 is 25.8. The van der Waals surface area contributed by atoms with Gasteiger partial charge in [-0.15, -0.1) is 11.3 Å².